The molecule has 2 rings (SSSR count). The highest BCUT2D eigenvalue weighted by molar-refractivity contribution is 6.42. The van der Waals surface area contributed by atoms with Gasteiger partial charge in [0.05, 0.1) is 16.1 Å². The maximum absolute atomic E-state index is 12.1. The van der Waals surface area contributed by atoms with Crippen molar-refractivity contribution in [3.05, 3.63) is 57.7 Å². The predicted molar refractivity (Wildman–Crippen MR) is 98.8 cm³/mol. The van der Waals surface area contributed by atoms with Gasteiger partial charge in [-0.15, -0.1) is 0 Å². The van der Waals surface area contributed by atoms with Gasteiger partial charge in [-0.3, -0.25) is 0 Å². The maximum atomic E-state index is 12.1. The zero-order chi connectivity index (χ0) is 17.7. The molecule has 0 spiro atoms. The quantitative estimate of drug-likeness (QED) is 0.840. The summed E-state index contributed by atoms with van der Waals surface area (Å²) in [6.07, 6.45) is 1.72. The van der Waals surface area contributed by atoms with Gasteiger partial charge in [0.1, 0.15) is 5.82 Å². The standard InChI is InChI=1S/C17H20Cl2N4O/c1-11(13-4-5-14(18)15(19)9-13)22-17(24)21-10-12-6-7-20-16(8-12)23(2)3/h4-9,11H,10H2,1-3H3,(H2,21,22,24)/t11-/m1/s1. The lowest BCUT2D eigenvalue weighted by Gasteiger charge is -2.16. The van der Waals surface area contributed by atoms with Crippen molar-refractivity contribution in [3.8, 4) is 0 Å². The molecule has 0 aliphatic rings. The topological polar surface area (TPSA) is 57.3 Å². The van der Waals surface area contributed by atoms with Crippen LogP contribution in [-0.4, -0.2) is 25.1 Å². The number of rotatable bonds is 5. The number of aromatic nitrogens is 1. The molecule has 0 aliphatic carbocycles. The third kappa shape index (κ3) is 5.01. The number of halogens is 2. The summed E-state index contributed by atoms with van der Waals surface area (Å²) in [5.74, 6) is 0.846. The summed E-state index contributed by atoms with van der Waals surface area (Å²) in [4.78, 5) is 18.2. The molecule has 2 N–H and O–H groups in total. The Morgan fingerprint density at radius 2 is 1.96 bits per heavy atom. The summed E-state index contributed by atoms with van der Waals surface area (Å²) in [5, 5.41) is 6.67. The molecule has 0 fully saturated rings. The number of anilines is 1. The zero-order valence-corrected chi connectivity index (χ0v) is 15.3. The van der Waals surface area contributed by atoms with Crippen molar-refractivity contribution in [3.63, 3.8) is 0 Å². The van der Waals surface area contributed by atoms with Gasteiger partial charge in [-0.1, -0.05) is 29.3 Å². The molecule has 7 heteroatoms. The van der Waals surface area contributed by atoms with Gasteiger partial charge in [-0.05, 0) is 42.3 Å². The number of nitrogens with zero attached hydrogens (tertiary/aromatic N) is 2. The highest BCUT2D eigenvalue weighted by Gasteiger charge is 2.11. The first-order chi connectivity index (χ1) is 11.4. The minimum absolute atomic E-state index is 0.186. The van der Waals surface area contributed by atoms with Crippen LogP contribution in [0.5, 0.6) is 0 Å². The van der Waals surface area contributed by atoms with E-state index in [2.05, 4.69) is 15.6 Å². The molecular formula is C17H20Cl2N4O. The summed E-state index contributed by atoms with van der Waals surface area (Å²) >= 11 is 11.9. The highest BCUT2D eigenvalue weighted by Crippen LogP contribution is 2.25. The van der Waals surface area contributed by atoms with E-state index in [0.717, 1.165) is 16.9 Å². The van der Waals surface area contributed by atoms with E-state index in [4.69, 9.17) is 23.2 Å². The van der Waals surface area contributed by atoms with Crippen LogP contribution in [0.1, 0.15) is 24.1 Å². The average molecular weight is 367 g/mol. The molecule has 128 valence electrons. The van der Waals surface area contributed by atoms with Crippen molar-refractivity contribution in [2.45, 2.75) is 19.5 Å². The molecule has 0 saturated carbocycles. The van der Waals surface area contributed by atoms with Crippen LogP contribution in [0.15, 0.2) is 36.5 Å². The molecule has 0 saturated heterocycles. The van der Waals surface area contributed by atoms with Crippen molar-refractivity contribution in [2.75, 3.05) is 19.0 Å². The van der Waals surface area contributed by atoms with Crippen molar-refractivity contribution in [1.82, 2.24) is 15.6 Å². The van der Waals surface area contributed by atoms with E-state index < -0.39 is 0 Å². The molecule has 1 atom stereocenters. The summed E-state index contributed by atoms with van der Waals surface area (Å²) in [5.41, 5.74) is 1.87. The lowest BCUT2D eigenvalue weighted by atomic mass is 10.1. The van der Waals surface area contributed by atoms with Crippen molar-refractivity contribution >= 4 is 35.1 Å². The molecule has 1 heterocycles. The fourth-order valence-electron chi connectivity index (χ4n) is 2.11. The van der Waals surface area contributed by atoms with E-state index in [1.54, 1.807) is 18.3 Å². The average Bonchev–Trinajstić information content (AvgIpc) is 2.55. The number of benzene rings is 1. The smallest absolute Gasteiger partial charge is 0.315 e. The Kier molecular flexibility index (Phi) is 6.29. The minimum atomic E-state index is -0.253. The van der Waals surface area contributed by atoms with Gasteiger partial charge in [0, 0.05) is 26.8 Å². The number of pyridine rings is 1. The van der Waals surface area contributed by atoms with Crippen LogP contribution in [0.3, 0.4) is 0 Å². The van der Waals surface area contributed by atoms with Gasteiger partial charge in [-0.25, -0.2) is 9.78 Å². The van der Waals surface area contributed by atoms with E-state index in [0.29, 0.717) is 16.6 Å². The van der Waals surface area contributed by atoms with E-state index in [1.165, 1.54) is 0 Å². The normalized spacial score (nSPS) is 11.7. The number of amides is 2. The largest absolute Gasteiger partial charge is 0.363 e. The first-order valence-electron chi connectivity index (χ1n) is 7.48. The number of urea groups is 1. The van der Waals surface area contributed by atoms with E-state index in [-0.39, 0.29) is 12.1 Å². The number of hydrogen-bond acceptors (Lipinski definition) is 3. The number of nitrogens with one attached hydrogen (secondary N) is 2. The van der Waals surface area contributed by atoms with Crippen LogP contribution in [-0.2, 0) is 6.54 Å². The third-order valence-electron chi connectivity index (χ3n) is 3.51. The first kappa shape index (κ1) is 18.4. The Bertz CT molecular complexity index is 721. The molecule has 1 aromatic heterocycles. The Morgan fingerprint density at radius 1 is 1.21 bits per heavy atom. The molecule has 5 nitrogen and oxygen atoms in total. The fraction of sp³-hybridized carbons (Fsp3) is 0.294. The molecule has 0 unspecified atom stereocenters. The Morgan fingerprint density at radius 3 is 2.62 bits per heavy atom. The molecular weight excluding hydrogens is 347 g/mol. The van der Waals surface area contributed by atoms with Crippen molar-refractivity contribution in [2.24, 2.45) is 0 Å². The minimum Gasteiger partial charge on any atom is -0.363 e. The van der Waals surface area contributed by atoms with Crippen LogP contribution in [0.4, 0.5) is 10.6 Å². The van der Waals surface area contributed by atoms with E-state index >= 15 is 0 Å². The molecule has 2 aromatic rings. The second-order valence-corrected chi connectivity index (χ2v) is 6.45. The molecule has 0 radical (unpaired) electrons. The van der Waals surface area contributed by atoms with Gasteiger partial charge in [0.2, 0.25) is 0 Å². The lowest BCUT2D eigenvalue weighted by Crippen LogP contribution is -2.36. The van der Waals surface area contributed by atoms with E-state index in [1.807, 2.05) is 44.1 Å². The van der Waals surface area contributed by atoms with Crippen molar-refractivity contribution in [1.29, 1.82) is 0 Å². The number of carbonyl (C=O) groups is 1. The van der Waals surface area contributed by atoms with Crippen LogP contribution in [0.2, 0.25) is 10.0 Å². The summed E-state index contributed by atoms with van der Waals surface area (Å²) in [6, 6.07) is 8.67. The summed E-state index contributed by atoms with van der Waals surface area (Å²) in [6.45, 7) is 2.30. The highest BCUT2D eigenvalue weighted by atomic mass is 35.5. The molecule has 2 amide bonds. The maximum Gasteiger partial charge on any atom is 0.315 e. The Hall–Kier alpha value is -1.98. The molecule has 1 aromatic carbocycles. The van der Waals surface area contributed by atoms with E-state index in [9.17, 15) is 4.79 Å². The fourth-order valence-corrected chi connectivity index (χ4v) is 2.42. The van der Waals surface area contributed by atoms with Crippen LogP contribution >= 0.6 is 23.2 Å². The van der Waals surface area contributed by atoms with Crippen LogP contribution < -0.4 is 15.5 Å². The predicted octanol–water partition coefficient (Wildman–Crippen LogP) is 4.01. The van der Waals surface area contributed by atoms with Gasteiger partial charge < -0.3 is 15.5 Å². The second-order valence-electron chi connectivity index (χ2n) is 5.64. The van der Waals surface area contributed by atoms with Crippen LogP contribution in [0, 0.1) is 0 Å². The zero-order valence-electron chi connectivity index (χ0n) is 13.8. The van der Waals surface area contributed by atoms with Crippen LogP contribution in [0.25, 0.3) is 0 Å². The van der Waals surface area contributed by atoms with Gasteiger partial charge in [0.25, 0.3) is 0 Å². The van der Waals surface area contributed by atoms with Gasteiger partial charge in [0.15, 0.2) is 0 Å². The summed E-state index contributed by atoms with van der Waals surface area (Å²) in [7, 11) is 3.84. The van der Waals surface area contributed by atoms with Gasteiger partial charge in [-0.2, -0.15) is 0 Å². The SMILES string of the molecule is C[C@@H](NC(=O)NCc1ccnc(N(C)C)c1)c1ccc(Cl)c(Cl)c1. The molecule has 0 bridgehead atoms. The van der Waals surface area contributed by atoms with Crippen molar-refractivity contribution < 1.29 is 4.79 Å². The summed E-state index contributed by atoms with van der Waals surface area (Å²) < 4.78 is 0. The molecule has 0 aliphatic heterocycles. The number of carbonyl (C=O) groups excluding carboxylic acids is 1. The Balaban J connectivity index is 1.91. The lowest BCUT2D eigenvalue weighted by molar-refractivity contribution is 0.237. The third-order valence-corrected chi connectivity index (χ3v) is 4.25. The second kappa shape index (κ2) is 8.22. The first-order valence-corrected chi connectivity index (χ1v) is 8.24. The van der Waals surface area contributed by atoms with Gasteiger partial charge >= 0.3 is 6.03 Å². The molecule has 24 heavy (non-hydrogen) atoms. The number of hydrogen-bond donors (Lipinski definition) is 2. The monoisotopic (exact) mass is 366 g/mol. The Labute approximate surface area is 152 Å².